The average molecular weight is 377 g/mol. The molecule has 3 N–H and O–H groups in total. The fraction of sp³-hybridized carbons (Fsp3) is 0.190. The standard InChI is InChI=1S/C21H20FN5O/c1-12-3-17-16(11-26-20(17)25-8-12)6-13-4-15(19(23)24-9-13)5-14-7-18(22)21(28-2)27-10-14/h3-4,7-11H,5-6H2,1-2H3,(H2,23,24)(H,25,26). The van der Waals surface area contributed by atoms with E-state index in [1.165, 1.54) is 13.2 Å². The van der Waals surface area contributed by atoms with E-state index < -0.39 is 5.82 Å². The van der Waals surface area contributed by atoms with Crippen LogP contribution in [0.5, 0.6) is 5.88 Å². The highest BCUT2D eigenvalue weighted by atomic mass is 19.1. The van der Waals surface area contributed by atoms with Gasteiger partial charge in [-0.25, -0.2) is 19.3 Å². The Balaban J connectivity index is 1.61. The summed E-state index contributed by atoms with van der Waals surface area (Å²) in [5.74, 6) is -0.0902. The first-order valence-electron chi connectivity index (χ1n) is 8.88. The fourth-order valence-electron chi connectivity index (χ4n) is 3.27. The van der Waals surface area contributed by atoms with Gasteiger partial charge in [-0.3, -0.25) is 0 Å². The molecule has 0 fully saturated rings. The lowest BCUT2D eigenvalue weighted by molar-refractivity contribution is 0.368. The minimum atomic E-state index is -0.496. The maximum atomic E-state index is 13.9. The van der Waals surface area contributed by atoms with Crippen LogP contribution in [0.15, 0.2) is 43.0 Å². The van der Waals surface area contributed by atoms with Crippen LogP contribution >= 0.6 is 0 Å². The topological polar surface area (TPSA) is 89.7 Å². The van der Waals surface area contributed by atoms with E-state index in [0.717, 1.165) is 33.3 Å². The smallest absolute Gasteiger partial charge is 0.250 e. The van der Waals surface area contributed by atoms with E-state index in [9.17, 15) is 4.39 Å². The predicted octanol–water partition coefficient (Wildman–Crippen LogP) is 3.57. The Morgan fingerprint density at radius 1 is 1.00 bits per heavy atom. The Morgan fingerprint density at radius 3 is 2.54 bits per heavy atom. The molecule has 7 heteroatoms. The summed E-state index contributed by atoms with van der Waals surface area (Å²) < 4.78 is 18.8. The molecule has 0 radical (unpaired) electrons. The zero-order valence-electron chi connectivity index (χ0n) is 15.7. The Kier molecular flexibility index (Phi) is 4.65. The number of methoxy groups -OCH3 is 1. The summed E-state index contributed by atoms with van der Waals surface area (Å²) in [6.07, 6.45) is 8.30. The van der Waals surface area contributed by atoms with E-state index in [4.69, 9.17) is 10.5 Å². The van der Waals surface area contributed by atoms with Gasteiger partial charge in [0.1, 0.15) is 11.5 Å². The molecule has 4 heterocycles. The fourth-order valence-corrected chi connectivity index (χ4v) is 3.27. The number of nitrogens with one attached hydrogen (secondary N) is 1. The third kappa shape index (κ3) is 3.51. The number of H-pyrrole nitrogens is 1. The summed E-state index contributed by atoms with van der Waals surface area (Å²) in [5.41, 5.74) is 11.7. The Labute approximate surface area is 161 Å². The molecule has 0 aliphatic heterocycles. The predicted molar refractivity (Wildman–Crippen MR) is 106 cm³/mol. The van der Waals surface area contributed by atoms with Gasteiger partial charge in [0.15, 0.2) is 5.82 Å². The van der Waals surface area contributed by atoms with Gasteiger partial charge < -0.3 is 15.5 Å². The van der Waals surface area contributed by atoms with Crippen LogP contribution in [-0.4, -0.2) is 27.0 Å². The van der Waals surface area contributed by atoms with Crippen molar-refractivity contribution in [2.75, 3.05) is 12.8 Å². The van der Waals surface area contributed by atoms with E-state index in [2.05, 4.69) is 26.0 Å². The van der Waals surface area contributed by atoms with Gasteiger partial charge in [0.2, 0.25) is 5.88 Å². The van der Waals surface area contributed by atoms with E-state index in [0.29, 0.717) is 24.2 Å². The Hall–Kier alpha value is -3.48. The maximum Gasteiger partial charge on any atom is 0.250 e. The van der Waals surface area contributed by atoms with Crippen LogP contribution in [0.4, 0.5) is 10.2 Å². The summed E-state index contributed by atoms with van der Waals surface area (Å²) in [4.78, 5) is 15.9. The van der Waals surface area contributed by atoms with Gasteiger partial charge in [-0.1, -0.05) is 0 Å². The van der Waals surface area contributed by atoms with Crippen molar-refractivity contribution in [3.63, 3.8) is 0 Å². The van der Waals surface area contributed by atoms with Gasteiger partial charge >= 0.3 is 0 Å². The van der Waals surface area contributed by atoms with Crippen molar-refractivity contribution in [3.8, 4) is 5.88 Å². The second kappa shape index (κ2) is 7.26. The van der Waals surface area contributed by atoms with Crippen molar-refractivity contribution in [3.05, 3.63) is 76.6 Å². The summed E-state index contributed by atoms with van der Waals surface area (Å²) in [5, 5.41) is 1.10. The number of rotatable bonds is 5. The van der Waals surface area contributed by atoms with E-state index in [1.54, 1.807) is 12.4 Å². The van der Waals surface area contributed by atoms with Gasteiger partial charge in [0, 0.05) is 43.0 Å². The monoisotopic (exact) mass is 377 g/mol. The molecule has 6 nitrogen and oxygen atoms in total. The number of ether oxygens (including phenoxy) is 1. The van der Waals surface area contributed by atoms with Crippen LogP contribution in [0.1, 0.15) is 27.8 Å². The first-order valence-corrected chi connectivity index (χ1v) is 8.88. The highest BCUT2D eigenvalue weighted by Gasteiger charge is 2.11. The minimum Gasteiger partial charge on any atom is -0.479 e. The second-order valence-corrected chi connectivity index (χ2v) is 6.80. The van der Waals surface area contributed by atoms with Crippen LogP contribution < -0.4 is 10.5 Å². The molecule has 4 rings (SSSR count). The zero-order valence-corrected chi connectivity index (χ0v) is 15.7. The molecule has 142 valence electrons. The van der Waals surface area contributed by atoms with Gasteiger partial charge in [-0.05, 0) is 52.9 Å². The molecule has 0 saturated carbocycles. The molecule has 0 saturated heterocycles. The van der Waals surface area contributed by atoms with Gasteiger partial charge in [-0.2, -0.15) is 0 Å². The lowest BCUT2D eigenvalue weighted by atomic mass is 10.0. The quantitative estimate of drug-likeness (QED) is 0.555. The van der Waals surface area contributed by atoms with Crippen LogP contribution in [0.2, 0.25) is 0 Å². The third-order valence-corrected chi connectivity index (χ3v) is 4.66. The van der Waals surface area contributed by atoms with Crippen molar-refractivity contribution < 1.29 is 9.13 Å². The number of fused-ring (bicyclic) bond motifs is 1. The SMILES string of the molecule is COc1ncc(Cc2cc(Cc3c[nH]c4ncc(C)cc34)cnc2N)cc1F. The number of nitrogen functional groups attached to an aromatic ring is 1. The first-order chi connectivity index (χ1) is 13.5. The molecule has 0 amide bonds. The van der Waals surface area contributed by atoms with E-state index >= 15 is 0 Å². The molecule has 0 atom stereocenters. The van der Waals surface area contributed by atoms with Crippen molar-refractivity contribution in [1.82, 2.24) is 19.9 Å². The van der Waals surface area contributed by atoms with Gasteiger partial charge in [-0.15, -0.1) is 0 Å². The highest BCUT2D eigenvalue weighted by Crippen LogP contribution is 2.23. The number of nitrogens with two attached hydrogens (primary N) is 1. The van der Waals surface area contributed by atoms with Crippen molar-refractivity contribution in [2.24, 2.45) is 0 Å². The highest BCUT2D eigenvalue weighted by molar-refractivity contribution is 5.80. The lowest BCUT2D eigenvalue weighted by Crippen LogP contribution is -2.02. The summed E-state index contributed by atoms with van der Waals surface area (Å²) in [6.45, 7) is 2.02. The number of hydrogen-bond donors (Lipinski definition) is 2. The molecular formula is C21H20FN5O. The third-order valence-electron chi connectivity index (χ3n) is 4.66. The summed E-state index contributed by atoms with van der Waals surface area (Å²) in [7, 11) is 1.39. The Bertz CT molecular complexity index is 1150. The molecule has 0 aliphatic rings. The first kappa shape index (κ1) is 17.9. The van der Waals surface area contributed by atoms with Crippen LogP contribution in [-0.2, 0) is 12.8 Å². The van der Waals surface area contributed by atoms with E-state index in [1.807, 2.05) is 25.4 Å². The van der Waals surface area contributed by atoms with Crippen LogP contribution in [0.25, 0.3) is 11.0 Å². The number of pyridine rings is 3. The molecule has 0 bridgehead atoms. The maximum absolute atomic E-state index is 13.9. The van der Waals surface area contributed by atoms with Gasteiger partial charge in [0.25, 0.3) is 0 Å². The van der Waals surface area contributed by atoms with Gasteiger partial charge in [0.05, 0.1) is 7.11 Å². The minimum absolute atomic E-state index is 0.0214. The number of hydrogen-bond acceptors (Lipinski definition) is 5. The number of aromatic amines is 1. The number of aromatic nitrogens is 4. The Morgan fingerprint density at radius 2 is 1.75 bits per heavy atom. The molecule has 4 aromatic rings. The second-order valence-electron chi connectivity index (χ2n) is 6.80. The number of anilines is 1. The molecule has 0 spiro atoms. The number of aryl methyl sites for hydroxylation is 1. The van der Waals surface area contributed by atoms with Crippen molar-refractivity contribution >= 4 is 16.9 Å². The average Bonchev–Trinajstić information content (AvgIpc) is 3.06. The molecule has 0 unspecified atom stereocenters. The van der Waals surface area contributed by atoms with Crippen LogP contribution in [0.3, 0.4) is 0 Å². The van der Waals surface area contributed by atoms with Crippen LogP contribution in [0, 0.1) is 12.7 Å². The normalized spacial score (nSPS) is 11.1. The largest absolute Gasteiger partial charge is 0.479 e. The molecule has 28 heavy (non-hydrogen) atoms. The zero-order chi connectivity index (χ0) is 19.7. The summed E-state index contributed by atoms with van der Waals surface area (Å²) >= 11 is 0. The molecule has 4 aromatic heterocycles. The number of nitrogens with zero attached hydrogens (tertiary/aromatic N) is 3. The molecule has 0 aliphatic carbocycles. The van der Waals surface area contributed by atoms with E-state index in [-0.39, 0.29) is 5.88 Å². The molecule has 0 aromatic carbocycles. The summed E-state index contributed by atoms with van der Waals surface area (Å²) in [6, 6.07) is 5.53. The lowest BCUT2D eigenvalue weighted by Gasteiger charge is -2.09. The van der Waals surface area contributed by atoms with Crippen molar-refractivity contribution in [1.29, 1.82) is 0 Å². The molecular weight excluding hydrogens is 357 g/mol. The van der Waals surface area contributed by atoms with Crippen molar-refractivity contribution in [2.45, 2.75) is 19.8 Å². The number of halogens is 1.